The first-order valence-electron chi connectivity index (χ1n) is 8.04. The summed E-state index contributed by atoms with van der Waals surface area (Å²) in [6, 6.07) is 1.75. The highest BCUT2D eigenvalue weighted by Gasteiger charge is 2.26. The molecule has 0 spiro atoms. The number of thiazole rings is 1. The van der Waals surface area contributed by atoms with Crippen molar-refractivity contribution >= 4 is 17.0 Å². The van der Waals surface area contributed by atoms with Gasteiger partial charge >= 0.3 is 0 Å². The van der Waals surface area contributed by atoms with Crippen LogP contribution in [0.15, 0.2) is 41.7 Å². The van der Waals surface area contributed by atoms with Crippen molar-refractivity contribution in [3.8, 4) is 0 Å². The number of imidazole rings is 1. The quantitative estimate of drug-likeness (QED) is 0.729. The molecule has 0 amide bonds. The molecule has 1 aliphatic heterocycles. The summed E-state index contributed by atoms with van der Waals surface area (Å²) in [4.78, 5) is 14.9. The molecule has 0 saturated carbocycles. The summed E-state index contributed by atoms with van der Waals surface area (Å²) in [5.74, 6) is 1.09. The molecule has 1 aliphatic rings. The molecular weight excluding hydrogens is 325 g/mol. The summed E-state index contributed by atoms with van der Waals surface area (Å²) < 4.78 is 16.2. The Morgan fingerprint density at radius 1 is 1.29 bits per heavy atom. The molecule has 0 bridgehead atoms. The zero-order chi connectivity index (χ0) is 16.4. The Bertz CT molecular complexity index is 801. The van der Waals surface area contributed by atoms with Gasteiger partial charge in [-0.3, -0.25) is 4.98 Å². The molecule has 0 N–H and O–H groups in total. The first kappa shape index (κ1) is 15.3. The van der Waals surface area contributed by atoms with Crippen molar-refractivity contribution in [2.24, 2.45) is 0 Å². The molecule has 0 aliphatic carbocycles. The topological polar surface area (TPSA) is 46.8 Å². The largest absolute Gasteiger partial charge is 0.368 e. The van der Waals surface area contributed by atoms with Crippen molar-refractivity contribution in [3.63, 3.8) is 0 Å². The second-order valence-electron chi connectivity index (χ2n) is 6.01. The molecule has 0 aromatic carbocycles. The summed E-state index contributed by atoms with van der Waals surface area (Å²) in [7, 11) is 0. The molecule has 3 aromatic heterocycles. The van der Waals surface area contributed by atoms with Crippen LogP contribution in [0.5, 0.6) is 0 Å². The zero-order valence-corrected chi connectivity index (χ0v) is 14.0. The molecule has 0 radical (unpaired) electrons. The van der Waals surface area contributed by atoms with E-state index < -0.39 is 0 Å². The van der Waals surface area contributed by atoms with Gasteiger partial charge in [-0.15, -0.1) is 11.3 Å². The van der Waals surface area contributed by atoms with E-state index in [9.17, 15) is 4.39 Å². The van der Waals surface area contributed by atoms with Crippen LogP contribution in [-0.4, -0.2) is 32.6 Å². The van der Waals surface area contributed by atoms with Crippen LogP contribution < -0.4 is 4.90 Å². The summed E-state index contributed by atoms with van der Waals surface area (Å²) >= 11 is 1.60. The number of hydrogen-bond donors (Lipinski definition) is 0. The molecule has 24 heavy (non-hydrogen) atoms. The van der Waals surface area contributed by atoms with Gasteiger partial charge in [0.05, 0.1) is 29.6 Å². The maximum Gasteiger partial charge on any atom is 0.164 e. The third kappa shape index (κ3) is 3.03. The Morgan fingerprint density at radius 2 is 2.25 bits per heavy atom. The van der Waals surface area contributed by atoms with E-state index in [0.717, 1.165) is 44.0 Å². The summed E-state index contributed by atoms with van der Waals surface area (Å²) in [6.07, 6.45) is 8.86. The van der Waals surface area contributed by atoms with Crippen molar-refractivity contribution in [1.82, 2.24) is 19.5 Å². The number of rotatable bonds is 4. The van der Waals surface area contributed by atoms with Crippen molar-refractivity contribution in [2.75, 3.05) is 18.0 Å². The minimum absolute atomic E-state index is 0.260. The SMILES string of the molecule is Fc1cnccc1N1CCCC(c2nccn2Cc2cscn2)C1. The first-order valence-corrected chi connectivity index (χ1v) is 8.98. The number of anilines is 1. The zero-order valence-electron chi connectivity index (χ0n) is 13.2. The summed E-state index contributed by atoms with van der Waals surface area (Å²) in [6.45, 7) is 2.37. The molecular formula is C17H18FN5S. The van der Waals surface area contributed by atoms with E-state index in [1.165, 1.54) is 6.20 Å². The van der Waals surface area contributed by atoms with E-state index in [1.807, 2.05) is 17.9 Å². The Morgan fingerprint density at radius 3 is 3.08 bits per heavy atom. The predicted octanol–water partition coefficient (Wildman–Crippen LogP) is 3.31. The van der Waals surface area contributed by atoms with Crippen molar-refractivity contribution in [2.45, 2.75) is 25.3 Å². The fourth-order valence-electron chi connectivity index (χ4n) is 3.34. The van der Waals surface area contributed by atoms with E-state index in [1.54, 1.807) is 23.6 Å². The maximum atomic E-state index is 14.0. The molecule has 124 valence electrons. The van der Waals surface area contributed by atoms with E-state index in [0.29, 0.717) is 11.6 Å². The standard InChI is InChI=1S/C17H18FN5S/c18-15-8-19-4-3-16(15)22-6-1-2-13(9-22)17-20-5-7-23(17)10-14-11-24-12-21-14/h3-5,7-8,11-13H,1-2,6,9-10H2. The lowest BCUT2D eigenvalue weighted by molar-refractivity contribution is 0.470. The highest BCUT2D eigenvalue weighted by atomic mass is 32.1. The molecule has 1 unspecified atom stereocenters. The minimum Gasteiger partial charge on any atom is -0.368 e. The number of piperidine rings is 1. The second kappa shape index (κ2) is 6.68. The van der Waals surface area contributed by atoms with Gasteiger partial charge in [-0.1, -0.05) is 0 Å². The van der Waals surface area contributed by atoms with Gasteiger partial charge < -0.3 is 9.47 Å². The fourth-order valence-corrected chi connectivity index (χ4v) is 3.89. The van der Waals surface area contributed by atoms with Crippen molar-refractivity contribution in [1.29, 1.82) is 0 Å². The van der Waals surface area contributed by atoms with Gasteiger partial charge in [0.15, 0.2) is 5.82 Å². The highest BCUT2D eigenvalue weighted by Crippen LogP contribution is 2.30. The van der Waals surface area contributed by atoms with Gasteiger partial charge in [0, 0.05) is 43.0 Å². The van der Waals surface area contributed by atoms with Gasteiger partial charge in [0.1, 0.15) is 5.82 Å². The third-order valence-corrected chi connectivity index (χ3v) is 5.08. The highest BCUT2D eigenvalue weighted by molar-refractivity contribution is 7.07. The maximum absolute atomic E-state index is 14.0. The lowest BCUT2D eigenvalue weighted by Gasteiger charge is -2.34. The lowest BCUT2D eigenvalue weighted by Crippen LogP contribution is -2.36. The van der Waals surface area contributed by atoms with Gasteiger partial charge in [-0.05, 0) is 18.9 Å². The van der Waals surface area contributed by atoms with Crippen LogP contribution in [-0.2, 0) is 6.54 Å². The van der Waals surface area contributed by atoms with Crippen LogP contribution in [0.4, 0.5) is 10.1 Å². The summed E-state index contributed by atoms with van der Waals surface area (Å²) in [5.41, 5.74) is 3.53. The molecule has 7 heteroatoms. The van der Waals surface area contributed by atoms with Crippen LogP contribution >= 0.6 is 11.3 Å². The lowest BCUT2D eigenvalue weighted by atomic mass is 9.96. The van der Waals surface area contributed by atoms with Gasteiger partial charge in [-0.2, -0.15) is 0 Å². The monoisotopic (exact) mass is 343 g/mol. The third-order valence-electron chi connectivity index (χ3n) is 4.44. The van der Waals surface area contributed by atoms with Gasteiger partial charge in [-0.25, -0.2) is 14.4 Å². The Kier molecular flexibility index (Phi) is 4.25. The molecule has 1 fully saturated rings. The Labute approximate surface area is 143 Å². The molecule has 4 rings (SSSR count). The molecule has 1 saturated heterocycles. The average Bonchev–Trinajstić information content (AvgIpc) is 3.28. The summed E-state index contributed by atoms with van der Waals surface area (Å²) in [5, 5.41) is 2.06. The van der Waals surface area contributed by atoms with Crippen molar-refractivity contribution in [3.05, 3.63) is 59.1 Å². The molecule has 3 aromatic rings. The number of halogens is 1. The van der Waals surface area contributed by atoms with Crippen LogP contribution in [0.2, 0.25) is 0 Å². The van der Waals surface area contributed by atoms with E-state index in [4.69, 9.17) is 0 Å². The van der Waals surface area contributed by atoms with Gasteiger partial charge in [0.2, 0.25) is 0 Å². The number of hydrogen-bond acceptors (Lipinski definition) is 5. The van der Waals surface area contributed by atoms with Crippen LogP contribution in [0, 0.1) is 5.82 Å². The van der Waals surface area contributed by atoms with Gasteiger partial charge in [0.25, 0.3) is 0 Å². The normalized spacial score (nSPS) is 18.0. The Balaban J connectivity index is 1.55. The first-order chi connectivity index (χ1) is 11.8. The van der Waals surface area contributed by atoms with E-state index >= 15 is 0 Å². The van der Waals surface area contributed by atoms with Crippen LogP contribution in [0.3, 0.4) is 0 Å². The van der Waals surface area contributed by atoms with Crippen LogP contribution in [0.1, 0.15) is 30.3 Å². The van der Waals surface area contributed by atoms with Crippen molar-refractivity contribution < 1.29 is 4.39 Å². The number of aromatic nitrogens is 4. The smallest absolute Gasteiger partial charge is 0.164 e. The number of pyridine rings is 1. The minimum atomic E-state index is -0.260. The number of nitrogens with zero attached hydrogens (tertiary/aromatic N) is 5. The van der Waals surface area contributed by atoms with E-state index in [-0.39, 0.29) is 5.82 Å². The van der Waals surface area contributed by atoms with E-state index in [2.05, 4.69) is 29.8 Å². The molecule has 5 nitrogen and oxygen atoms in total. The second-order valence-corrected chi connectivity index (χ2v) is 6.72. The fraction of sp³-hybridized carbons (Fsp3) is 0.353. The Hall–Kier alpha value is -2.28. The predicted molar refractivity (Wildman–Crippen MR) is 91.8 cm³/mol. The molecule has 4 heterocycles. The van der Waals surface area contributed by atoms with Crippen LogP contribution in [0.25, 0.3) is 0 Å². The molecule has 1 atom stereocenters. The average molecular weight is 343 g/mol.